The van der Waals surface area contributed by atoms with Gasteiger partial charge in [-0.3, -0.25) is 4.79 Å². The lowest BCUT2D eigenvalue weighted by molar-refractivity contribution is -0.131. The van der Waals surface area contributed by atoms with Crippen LogP contribution in [0.4, 0.5) is 16.2 Å². The summed E-state index contributed by atoms with van der Waals surface area (Å²) in [7, 11) is 2.78. The van der Waals surface area contributed by atoms with E-state index in [1.54, 1.807) is 22.3 Å². The van der Waals surface area contributed by atoms with Crippen molar-refractivity contribution in [1.82, 2.24) is 14.9 Å². The molecule has 1 aliphatic rings. The number of hydrogen-bond donors (Lipinski definition) is 2. The van der Waals surface area contributed by atoms with Gasteiger partial charge < -0.3 is 30.7 Å². The second kappa shape index (κ2) is 10.4. The predicted octanol–water partition coefficient (Wildman–Crippen LogP) is 2.59. The topological polar surface area (TPSA) is 120 Å². The van der Waals surface area contributed by atoms with E-state index in [4.69, 9.17) is 20.9 Å². The summed E-state index contributed by atoms with van der Waals surface area (Å²) in [6.45, 7) is 1.98. The number of anilines is 2. The first-order valence-electron chi connectivity index (χ1n) is 10.1. The molecule has 1 saturated heterocycles. The van der Waals surface area contributed by atoms with E-state index in [0.717, 1.165) is 4.88 Å². The van der Waals surface area contributed by atoms with E-state index in [1.807, 2.05) is 22.4 Å². The summed E-state index contributed by atoms with van der Waals surface area (Å²) in [6, 6.07) is 5.11. The summed E-state index contributed by atoms with van der Waals surface area (Å²) in [4.78, 5) is 26.1. The lowest BCUT2D eigenvalue weighted by atomic mass is 10.1. The number of aromatic nitrogens is 2. The van der Waals surface area contributed by atoms with Gasteiger partial charge in [-0.15, -0.1) is 23.7 Å². The lowest BCUT2D eigenvalue weighted by Crippen LogP contribution is -2.49. The second-order valence-corrected chi connectivity index (χ2v) is 8.40. The second-order valence-electron chi connectivity index (χ2n) is 7.42. The van der Waals surface area contributed by atoms with Crippen molar-refractivity contribution in [3.8, 4) is 11.5 Å². The maximum Gasteiger partial charge on any atom is 0.228 e. The molecule has 1 amide bonds. The molecule has 33 heavy (non-hydrogen) atoms. The molecule has 3 heterocycles. The molecule has 178 valence electrons. The highest BCUT2D eigenvalue weighted by molar-refractivity contribution is 7.10. The van der Waals surface area contributed by atoms with Crippen LogP contribution in [0.2, 0.25) is 0 Å². The average molecular weight is 497 g/mol. The summed E-state index contributed by atoms with van der Waals surface area (Å²) in [5.74, 6) is -0.0234. The third-order valence-corrected chi connectivity index (χ3v) is 6.52. The van der Waals surface area contributed by atoms with Crippen LogP contribution >= 0.6 is 23.7 Å². The van der Waals surface area contributed by atoms with Crippen molar-refractivity contribution in [3.63, 3.8) is 0 Å². The molecule has 4 N–H and O–H groups in total. The molecule has 1 aliphatic heterocycles. The van der Waals surface area contributed by atoms with Gasteiger partial charge in [-0.2, -0.15) is 4.98 Å². The fraction of sp³-hybridized carbons (Fsp3) is 0.381. The molecule has 1 fully saturated rings. The number of rotatable bonds is 6. The van der Waals surface area contributed by atoms with Gasteiger partial charge in [0.15, 0.2) is 17.3 Å². The Morgan fingerprint density at radius 1 is 1.24 bits per heavy atom. The van der Waals surface area contributed by atoms with Crippen LogP contribution < -0.4 is 25.8 Å². The van der Waals surface area contributed by atoms with E-state index in [9.17, 15) is 4.79 Å². The van der Waals surface area contributed by atoms with Crippen molar-refractivity contribution < 1.29 is 18.7 Å². The molecule has 1 atom stereocenters. The number of piperazine rings is 1. The quantitative estimate of drug-likeness (QED) is 0.534. The first-order valence-corrected chi connectivity index (χ1v) is 11.0. The zero-order chi connectivity index (χ0) is 22.8. The van der Waals surface area contributed by atoms with Crippen molar-refractivity contribution in [1.29, 1.82) is 0 Å². The van der Waals surface area contributed by atoms with Gasteiger partial charge in [-0.25, -0.2) is 9.37 Å². The number of thiophene rings is 1. The number of benzene rings is 1. The number of hydrogen-bond acceptors (Lipinski definition) is 9. The van der Waals surface area contributed by atoms with Crippen LogP contribution in [0.1, 0.15) is 17.3 Å². The predicted molar refractivity (Wildman–Crippen MR) is 129 cm³/mol. The van der Waals surface area contributed by atoms with Gasteiger partial charge in [0.25, 0.3) is 0 Å². The molecule has 9 nitrogen and oxygen atoms in total. The van der Waals surface area contributed by atoms with Crippen molar-refractivity contribution in [3.05, 3.63) is 34.3 Å². The van der Waals surface area contributed by atoms with Gasteiger partial charge in [-0.05, 0) is 17.5 Å². The number of carbonyl (C=O) groups is 1. The molecule has 12 heteroatoms. The SMILES string of the molecule is COc1cc2c(N)nc(N3CCN(C(=O)C[C@@H](N)c4cccs4)CC3)nc2c(F)c1OC.Cl. The van der Waals surface area contributed by atoms with Crippen LogP contribution in [0.3, 0.4) is 0 Å². The molecule has 0 unspecified atom stereocenters. The maximum absolute atomic E-state index is 15.0. The molecule has 4 rings (SSSR count). The number of methoxy groups -OCH3 is 2. The van der Waals surface area contributed by atoms with Crippen molar-refractivity contribution >= 4 is 52.3 Å². The first-order chi connectivity index (χ1) is 15.4. The van der Waals surface area contributed by atoms with Crippen molar-refractivity contribution in [2.75, 3.05) is 51.0 Å². The maximum atomic E-state index is 15.0. The van der Waals surface area contributed by atoms with E-state index >= 15 is 4.39 Å². The molecule has 0 radical (unpaired) electrons. The number of ether oxygens (including phenoxy) is 2. The smallest absolute Gasteiger partial charge is 0.228 e. The minimum absolute atomic E-state index is 0. The lowest BCUT2D eigenvalue weighted by Gasteiger charge is -2.35. The van der Waals surface area contributed by atoms with E-state index < -0.39 is 5.82 Å². The molecular weight excluding hydrogens is 471 g/mol. The van der Waals surface area contributed by atoms with Crippen molar-refractivity contribution in [2.45, 2.75) is 12.5 Å². The van der Waals surface area contributed by atoms with Gasteiger partial charge in [0, 0.05) is 48.9 Å². The normalized spacial score (nSPS) is 14.7. The summed E-state index contributed by atoms with van der Waals surface area (Å²) in [6.07, 6.45) is 0.257. The Kier molecular flexibility index (Phi) is 7.77. The standard InChI is InChI=1S/C21H25FN6O3S.ClH/c1-30-14-10-12-18(17(22)19(14)31-2)25-21(26-20(12)24)28-7-5-27(6-8-28)16(29)11-13(23)15-4-3-9-32-15;/h3-4,9-10,13H,5-8,11,23H2,1-2H3,(H2,24,25,26);1H/t13-;/m1./s1. The van der Waals surface area contributed by atoms with Crippen LogP contribution in [0.25, 0.3) is 10.9 Å². The van der Waals surface area contributed by atoms with Gasteiger partial charge >= 0.3 is 0 Å². The number of nitrogens with zero attached hydrogens (tertiary/aromatic N) is 4. The summed E-state index contributed by atoms with van der Waals surface area (Å²) >= 11 is 1.55. The summed E-state index contributed by atoms with van der Waals surface area (Å²) in [5, 5.41) is 2.29. The van der Waals surface area contributed by atoms with Crippen LogP contribution in [0.15, 0.2) is 23.6 Å². The zero-order valence-corrected chi connectivity index (χ0v) is 19.9. The van der Waals surface area contributed by atoms with Crippen LogP contribution in [0.5, 0.6) is 11.5 Å². The fourth-order valence-electron chi connectivity index (χ4n) is 3.76. The number of nitrogens with two attached hydrogens (primary N) is 2. The zero-order valence-electron chi connectivity index (χ0n) is 18.3. The Labute approximate surface area is 200 Å². The van der Waals surface area contributed by atoms with Gasteiger partial charge in [0.1, 0.15) is 11.3 Å². The van der Waals surface area contributed by atoms with Crippen molar-refractivity contribution in [2.24, 2.45) is 5.73 Å². The Balaban J connectivity index is 0.00000306. The number of carbonyl (C=O) groups excluding carboxylic acids is 1. The number of nitrogen functional groups attached to an aromatic ring is 1. The largest absolute Gasteiger partial charge is 0.493 e. The minimum Gasteiger partial charge on any atom is -0.493 e. The molecule has 0 aliphatic carbocycles. The molecule has 0 spiro atoms. The van der Waals surface area contributed by atoms with E-state index in [-0.39, 0.29) is 53.6 Å². The first kappa shape index (κ1) is 24.7. The molecule has 0 saturated carbocycles. The molecule has 3 aromatic rings. The van der Waals surface area contributed by atoms with E-state index in [2.05, 4.69) is 9.97 Å². The molecular formula is C21H26ClFN6O3S. The fourth-order valence-corrected chi connectivity index (χ4v) is 4.49. The highest BCUT2D eigenvalue weighted by Gasteiger charge is 2.26. The molecule has 2 aromatic heterocycles. The Morgan fingerprint density at radius 2 is 1.97 bits per heavy atom. The molecule has 0 bridgehead atoms. The van der Waals surface area contributed by atoms with E-state index in [1.165, 1.54) is 14.2 Å². The monoisotopic (exact) mass is 496 g/mol. The third kappa shape index (κ3) is 4.90. The van der Waals surface area contributed by atoms with Crippen LogP contribution in [-0.4, -0.2) is 61.2 Å². The number of amides is 1. The number of halogens is 2. The third-order valence-electron chi connectivity index (χ3n) is 5.51. The van der Waals surface area contributed by atoms with Gasteiger partial charge in [-0.1, -0.05) is 6.07 Å². The van der Waals surface area contributed by atoms with Gasteiger partial charge in [0.2, 0.25) is 11.9 Å². The van der Waals surface area contributed by atoms with Crippen LogP contribution in [0, 0.1) is 5.82 Å². The number of fused-ring (bicyclic) bond motifs is 1. The summed E-state index contributed by atoms with van der Waals surface area (Å²) in [5.41, 5.74) is 12.3. The highest BCUT2D eigenvalue weighted by Crippen LogP contribution is 2.37. The van der Waals surface area contributed by atoms with Crippen LogP contribution in [-0.2, 0) is 4.79 Å². The Hall–Kier alpha value is -2.89. The Bertz CT molecular complexity index is 1130. The summed E-state index contributed by atoms with van der Waals surface area (Å²) < 4.78 is 25.3. The highest BCUT2D eigenvalue weighted by atomic mass is 35.5. The Morgan fingerprint density at radius 3 is 2.58 bits per heavy atom. The van der Waals surface area contributed by atoms with E-state index in [0.29, 0.717) is 37.5 Å². The molecule has 1 aromatic carbocycles. The van der Waals surface area contributed by atoms with Gasteiger partial charge in [0.05, 0.1) is 14.2 Å². The minimum atomic E-state index is -0.659. The average Bonchev–Trinajstić information content (AvgIpc) is 3.34.